The number of hydrogen-bond acceptors (Lipinski definition) is 4. The Hall–Kier alpha value is -3.58. The zero-order valence-corrected chi connectivity index (χ0v) is 15.5. The number of carbonyl (C=O) groups is 3. The van der Waals surface area contributed by atoms with Crippen molar-refractivity contribution in [3.05, 3.63) is 77.9 Å². The number of rotatable bonds is 5. The first-order valence-electron chi connectivity index (χ1n) is 8.34. The van der Waals surface area contributed by atoms with Crippen LogP contribution in [0, 0.1) is 0 Å². The molecule has 0 saturated carbocycles. The third-order valence-corrected chi connectivity index (χ3v) is 4.51. The van der Waals surface area contributed by atoms with E-state index in [0.29, 0.717) is 5.56 Å². The molecule has 0 atom stereocenters. The molecule has 1 heterocycles. The van der Waals surface area contributed by atoms with Crippen molar-refractivity contribution < 1.29 is 19.5 Å². The highest BCUT2D eigenvalue weighted by molar-refractivity contribution is 7.80. The van der Waals surface area contributed by atoms with Gasteiger partial charge >= 0.3 is 5.97 Å². The van der Waals surface area contributed by atoms with E-state index in [0.717, 1.165) is 11.1 Å². The van der Waals surface area contributed by atoms with Gasteiger partial charge in [0.25, 0.3) is 11.8 Å². The van der Waals surface area contributed by atoms with Crippen molar-refractivity contribution in [2.24, 2.45) is 0 Å². The Bertz CT molecular complexity index is 1010. The summed E-state index contributed by atoms with van der Waals surface area (Å²) in [6.07, 6.45) is 3.04. The SMILES string of the molecule is C=CCN1C(=O)C(=Cc2ccc(-c3ccc(C(=O)O)cc3)cc2)C(=O)NC1=S. The van der Waals surface area contributed by atoms with E-state index in [1.54, 1.807) is 24.3 Å². The molecule has 0 unspecified atom stereocenters. The number of thiocarbonyl (C=S) groups is 1. The number of benzene rings is 2. The van der Waals surface area contributed by atoms with Gasteiger partial charge in [-0.15, -0.1) is 6.58 Å². The van der Waals surface area contributed by atoms with E-state index in [9.17, 15) is 14.4 Å². The molecule has 0 radical (unpaired) electrons. The van der Waals surface area contributed by atoms with E-state index < -0.39 is 17.8 Å². The Morgan fingerprint density at radius 2 is 1.64 bits per heavy atom. The Morgan fingerprint density at radius 3 is 2.18 bits per heavy atom. The molecule has 6 nitrogen and oxygen atoms in total. The van der Waals surface area contributed by atoms with Crippen LogP contribution in [0.3, 0.4) is 0 Å². The maximum atomic E-state index is 12.5. The molecule has 0 aromatic heterocycles. The molecule has 2 aromatic carbocycles. The standard InChI is InChI=1S/C21H16N2O4S/c1-2-11-23-19(25)17(18(24)22-21(23)28)12-13-3-5-14(6-4-13)15-7-9-16(10-8-15)20(26)27/h2-10,12H,1,11H2,(H,26,27)(H,22,24,28). The van der Waals surface area contributed by atoms with E-state index in [2.05, 4.69) is 11.9 Å². The molecular weight excluding hydrogens is 376 g/mol. The third-order valence-electron chi connectivity index (χ3n) is 4.18. The van der Waals surface area contributed by atoms with E-state index in [1.165, 1.54) is 29.2 Å². The number of nitrogens with one attached hydrogen (secondary N) is 1. The number of amides is 2. The predicted molar refractivity (Wildman–Crippen MR) is 109 cm³/mol. The summed E-state index contributed by atoms with van der Waals surface area (Å²) in [5, 5.41) is 11.5. The lowest BCUT2D eigenvalue weighted by molar-refractivity contribution is -0.128. The molecule has 1 saturated heterocycles. The fraction of sp³-hybridized carbons (Fsp3) is 0.0476. The Morgan fingerprint density at radius 1 is 1.07 bits per heavy atom. The van der Waals surface area contributed by atoms with Crippen LogP contribution in [0.4, 0.5) is 0 Å². The minimum Gasteiger partial charge on any atom is -0.478 e. The highest BCUT2D eigenvalue weighted by atomic mass is 32.1. The van der Waals surface area contributed by atoms with Crippen LogP contribution in [0.15, 0.2) is 66.8 Å². The molecule has 2 aromatic rings. The Kier molecular flexibility index (Phi) is 5.47. The van der Waals surface area contributed by atoms with Gasteiger partial charge in [-0.05, 0) is 47.1 Å². The van der Waals surface area contributed by atoms with Gasteiger partial charge in [-0.3, -0.25) is 19.8 Å². The Balaban J connectivity index is 1.85. The van der Waals surface area contributed by atoms with Crippen LogP contribution < -0.4 is 5.32 Å². The molecule has 1 aliphatic heterocycles. The van der Waals surface area contributed by atoms with Crippen molar-refractivity contribution in [1.29, 1.82) is 0 Å². The second-order valence-electron chi connectivity index (χ2n) is 6.03. The Labute approximate surface area is 166 Å². The zero-order valence-electron chi connectivity index (χ0n) is 14.7. The maximum Gasteiger partial charge on any atom is 0.335 e. The summed E-state index contributed by atoms with van der Waals surface area (Å²) in [6.45, 7) is 3.80. The second kappa shape index (κ2) is 7.98. The van der Waals surface area contributed by atoms with Crippen LogP contribution in [-0.4, -0.2) is 39.4 Å². The lowest BCUT2D eigenvalue weighted by atomic mass is 10.0. The number of aromatic carboxylic acids is 1. The smallest absolute Gasteiger partial charge is 0.335 e. The fourth-order valence-electron chi connectivity index (χ4n) is 2.73. The topological polar surface area (TPSA) is 86.7 Å². The predicted octanol–water partition coefficient (Wildman–Crippen LogP) is 2.86. The monoisotopic (exact) mass is 392 g/mol. The van der Waals surface area contributed by atoms with E-state index in [4.69, 9.17) is 17.3 Å². The van der Waals surface area contributed by atoms with Crippen LogP contribution in [0.25, 0.3) is 17.2 Å². The molecule has 0 bridgehead atoms. The molecule has 28 heavy (non-hydrogen) atoms. The molecule has 1 fully saturated rings. The number of carboxylic acid groups (broad SMARTS) is 1. The third kappa shape index (κ3) is 3.89. The average Bonchev–Trinajstić information content (AvgIpc) is 2.69. The number of hydrogen-bond donors (Lipinski definition) is 2. The molecule has 0 spiro atoms. The summed E-state index contributed by atoms with van der Waals surface area (Å²) in [5.74, 6) is -1.99. The molecule has 0 aliphatic carbocycles. The van der Waals surface area contributed by atoms with Crippen LogP contribution in [0.2, 0.25) is 0 Å². The van der Waals surface area contributed by atoms with Gasteiger partial charge in [-0.25, -0.2) is 4.79 Å². The lowest BCUT2D eigenvalue weighted by Gasteiger charge is -2.27. The molecule has 2 amide bonds. The zero-order chi connectivity index (χ0) is 20.3. The molecular formula is C21H16N2O4S. The summed E-state index contributed by atoms with van der Waals surface area (Å²) in [4.78, 5) is 36.9. The molecule has 1 aliphatic rings. The second-order valence-corrected chi connectivity index (χ2v) is 6.41. The first-order chi connectivity index (χ1) is 13.4. The van der Waals surface area contributed by atoms with Crippen LogP contribution >= 0.6 is 12.2 Å². The van der Waals surface area contributed by atoms with Gasteiger partial charge < -0.3 is 5.11 Å². The highest BCUT2D eigenvalue weighted by Crippen LogP contribution is 2.22. The normalized spacial score (nSPS) is 15.5. The van der Waals surface area contributed by atoms with Crippen molar-refractivity contribution in [2.75, 3.05) is 6.54 Å². The number of carbonyl (C=O) groups excluding carboxylic acids is 2. The van der Waals surface area contributed by atoms with Gasteiger partial charge in [0.2, 0.25) is 0 Å². The fourth-order valence-corrected chi connectivity index (χ4v) is 2.98. The summed E-state index contributed by atoms with van der Waals surface area (Å²) in [5.41, 5.74) is 2.63. The molecule has 3 rings (SSSR count). The van der Waals surface area contributed by atoms with E-state index >= 15 is 0 Å². The summed E-state index contributed by atoms with van der Waals surface area (Å²) < 4.78 is 0. The van der Waals surface area contributed by atoms with Crippen molar-refractivity contribution in [1.82, 2.24) is 10.2 Å². The van der Waals surface area contributed by atoms with Gasteiger partial charge in [0.15, 0.2) is 5.11 Å². The minimum atomic E-state index is -0.978. The van der Waals surface area contributed by atoms with Crippen LogP contribution in [0.1, 0.15) is 15.9 Å². The molecule has 2 N–H and O–H groups in total. The quantitative estimate of drug-likeness (QED) is 0.354. The van der Waals surface area contributed by atoms with Gasteiger partial charge in [0.05, 0.1) is 5.56 Å². The number of nitrogens with zero attached hydrogens (tertiary/aromatic N) is 1. The lowest BCUT2D eigenvalue weighted by Crippen LogP contribution is -2.53. The summed E-state index contributed by atoms with van der Waals surface area (Å²) in [7, 11) is 0. The van der Waals surface area contributed by atoms with Crippen molar-refractivity contribution in [3.63, 3.8) is 0 Å². The summed E-state index contributed by atoms with van der Waals surface area (Å²) in [6, 6.07) is 13.7. The first-order valence-corrected chi connectivity index (χ1v) is 8.75. The maximum absolute atomic E-state index is 12.5. The van der Waals surface area contributed by atoms with E-state index in [-0.39, 0.29) is 22.8 Å². The van der Waals surface area contributed by atoms with Crippen molar-refractivity contribution in [3.8, 4) is 11.1 Å². The molecule has 140 valence electrons. The van der Waals surface area contributed by atoms with Crippen LogP contribution in [-0.2, 0) is 9.59 Å². The van der Waals surface area contributed by atoms with Crippen molar-refractivity contribution in [2.45, 2.75) is 0 Å². The largest absolute Gasteiger partial charge is 0.478 e. The van der Waals surface area contributed by atoms with Gasteiger partial charge in [-0.2, -0.15) is 0 Å². The first kappa shape index (κ1) is 19.2. The van der Waals surface area contributed by atoms with Crippen molar-refractivity contribution >= 4 is 41.2 Å². The van der Waals surface area contributed by atoms with Gasteiger partial charge in [0.1, 0.15) is 5.57 Å². The van der Waals surface area contributed by atoms with E-state index in [1.807, 2.05) is 12.1 Å². The highest BCUT2D eigenvalue weighted by Gasteiger charge is 2.32. The van der Waals surface area contributed by atoms with Crippen LogP contribution in [0.5, 0.6) is 0 Å². The minimum absolute atomic E-state index is 0.00555. The van der Waals surface area contributed by atoms with Gasteiger partial charge in [-0.1, -0.05) is 42.5 Å². The molecule has 7 heteroatoms. The van der Waals surface area contributed by atoms with Gasteiger partial charge in [0, 0.05) is 6.54 Å². The number of carboxylic acids is 1. The average molecular weight is 392 g/mol. The summed E-state index contributed by atoms with van der Waals surface area (Å²) >= 11 is 5.02.